The maximum absolute atomic E-state index is 7.12. The van der Waals surface area contributed by atoms with Crippen LogP contribution in [0.1, 0.15) is 69.4 Å². The SMILES string of the molecule is Cc1cc(CC(C)(C)C)c2cc3c4c([n+](C)ccc4c2c1C)-c1c(c(CC(C)(C)C)c2ccccc2c1C)O3. The molecule has 4 aromatic carbocycles. The molecule has 0 bridgehead atoms. The van der Waals surface area contributed by atoms with Crippen molar-refractivity contribution in [3.63, 3.8) is 0 Å². The monoisotopic (exact) mass is 516 g/mol. The van der Waals surface area contributed by atoms with Crippen LogP contribution in [-0.4, -0.2) is 0 Å². The molecular weight excluding hydrogens is 474 g/mol. The third-order valence-corrected chi connectivity index (χ3v) is 8.50. The minimum atomic E-state index is 0.127. The minimum Gasteiger partial charge on any atom is -0.455 e. The van der Waals surface area contributed by atoms with E-state index in [1.807, 2.05) is 0 Å². The summed E-state index contributed by atoms with van der Waals surface area (Å²) in [6, 6.07) is 15.9. The second-order valence-corrected chi connectivity index (χ2v) is 14.3. The zero-order valence-electron chi connectivity index (χ0n) is 25.4. The van der Waals surface area contributed by atoms with E-state index in [0.717, 1.165) is 24.3 Å². The predicted molar refractivity (Wildman–Crippen MR) is 166 cm³/mol. The number of fused-ring (bicyclic) bond motifs is 5. The number of ether oxygens (including phenoxy) is 1. The number of rotatable bonds is 2. The molecule has 39 heavy (non-hydrogen) atoms. The molecule has 2 nitrogen and oxygen atoms in total. The molecule has 1 aliphatic rings. The van der Waals surface area contributed by atoms with Gasteiger partial charge >= 0.3 is 0 Å². The van der Waals surface area contributed by atoms with Crippen LogP contribution in [0.25, 0.3) is 43.6 Å². The maximum Gasteiger partial charge on any atom is 0.228 e. The molecule has 200 valence electrons. The number of nitrogens with zero attached hydrogens (tertiary/aromatic N) is 1. The first-order valence-electron chi connectivity index (χ1n) is 14.4. The molecule has 2 heteroatoms. The van der Waals surface area contributed by atoms with Crippen molar-refractivity contribution in [3.8, 4) is 22.8 Å². The van der Waals surface area contributed by atoms with Crippen LogP contribution in [0.15, 0.2) is 48.7 Å². The Hall–Kier alpha value is -3.39. The van der Waals surface area contributed by atoms with Gasteiger partial charge in [0.05, 0.1) is 10.9 Å². The molecule has 1 aromatic heterocycles. The Bertz CT molecular complexity index is 1830. The summed E-state index contributed by atoms with van der Waals surface area (Å²) >= 11 is 0. The van der Waals surface area contributed by atoms with Gasteiger partial charge in [0.2, 0.25) is 5.69 Å². The Labute approximate surface area is 233 Å². The Kier molecular flexibility index (Phi) is 5.67. The lowest BCUT2D eigenvalue weighted by Crippen LogP contribution is -2.32. The number of aromatic nitrogens is 1. The van der Waals surface area contributed by atoms with Crippen molar-refractivity contribution in [1.82, 2.24) is 0 Å². The normalized spacial score (nSPS) is 13.3. The van der Waals surface area contributed by atoms with Gasteiger partial charge in [-0.05, 0) is 94.3 Å². The van der Waals surface area contributed by atoms with E-state index >= 15 is 0 Å². The van der Waals surface area contributed by atoms with E-state index in [2.05, 4.69) is 123 Å². The standard InChI is InChI=1S/C37H42NO/c1-21-17-24(19-36(4,5)6)28-18-30-33-27(31(28)22(21)2)15-16-38(10)34(33)32-23(3)25-13-11-12-14-26(25)29(35(32)39-30)20-37(7,8)9/h11-18H,19-20H2,1-10H3/q+1. The summed E-state index contributed by atoms with van der Waals surface area (Å²) in [7, 11) is 2.18. The lowest BCUT2D eigenvalue weighted by molar-refractivity contribution is -0.659. The topological polar surface area (TPSA) is 13.1 Å². The smallest absolute Gasteiger partial charge is 0.228 e. The quantitative estimate of drug-likeness (QED) is 0.165. The zero-order valence-corrected chi connectivity index (χ0v) is 25.4. The fraction of sp³-hybridized carbons (Fsp3) is 0.378. The van der Waals surface area contributed by atoms with Crippen LogP contribution in [0.2, 0.25) is 0 Å². The molecule has 0 unspecified atom stereocenters. The van der Waals surface area contributed by atoms with E-state index in [1.165, 1.54) is 71.4 Å². The highest BCUT2D eigenvalue weighted by molar-refractivity contribution is 6.18. The van der Waals surface area contributed by atoms with Gasteiger partial charge in [-0.3, -0.25) is 0 Å². The second kappa shape index (κ2) is 8.55. The molecule has 0 fully saturated rings. The first-order chi connectivity index (χ1) is 18.2. The van der Waals surface area contributed by atoms with E-state index < -0.39 is 0 Å². The minimum absolute atomic E-state index is 0.127. The number of hydrogen-bond donors (Lipinski definition) is 0. The van der Waals surface area contributed by atoms with Crippen LogP contribution in [0.3, 0.4) is 0 Å². The van der Waals surface area contributed by atoms with Crippen molar-refractivity contribution < 1.29 is 9.30 Å². The van der Waals surface area contributed by atoms with E-state index in [4.69, 9.17) is 4.74 Å². The predicted octanol–water partition coefficient (Wildman–Crippen LogP) is 9.85. The molecule has 0 saturated carbocycles. The van der Waals surface area contributed by atoms with Crippen molar-refractivity contribution in [2.24, 2.45) is 17.9 Å². The maximum atomic E-state index is 7.12. The van der Waals surface area contributed by atoms with Crippen molar-refractivity contribution >= 4 is 32.3 Å². The first kappa shape index (κ1) is 25.9. The highest BCUT2D eigenvalue weighted by Gasteiger charge is 2.35. The number of pyridine rings is 1. The molecule has 5 aromatic rings. The van der Waals surface area contributed by atoms with Crippen LogP contribution >= 0.6 is 0 Å². The Morgan fingerprint density at radius 3 is 2.05 bits per heavy atom. The van der Waals surface area contributed by atoms with Gasteiger partial charge in [-0.15, -0.1) is 0 Å². The van der Waals surface area contributed by atoms with Crippen LogP contribution in [0.5, 0.6) is 11.5 Å². The molecule has 0 spiro atoms. The van der Waals surface area contributed by atoms with Crippen LogP contribution in [0.4, 0.5) is 0 Å². The fourth-order valence-corrected chi connectivity index (χ4v) is 6.79. The van der Waals surface area contributed by atoms with Crippen molar-refractivity contribution in [2.45, 2.75) is 75.2 Å². The van der Waals surface area contributed by atoms with Crippen LogP contribution in [-0.2, 0) is 19.9 Å². The highest BCUT2D eigenvalue weighted by atomic mass is 16.5. The van der Waals surface area contributed by atoms with Gasteiger partial charge in [-0.2, -0.15) is 0 Å². The Morgan fingerprint density at radius 1 is 0.718 bits per heavy atom. The molecule has 0 saturated heterocycles. The molecule has 0 aliphatic carbocycles. The highest BCUT2D eigenvalue weighted by Crippen LogP contribution is 2.53. The van der Waals surface area contributed by atoms with E-state index in [9.17, 15) is 0 Å². The average molecular weight is 517 g/mol. The number of hydrogen-bond acceptors (Lipinski definition) is 1. The first-order valence-corrected chi connectivity index (χ1v) is 14.4. The van der Waals surface area contributed by atoms with Gasteiger partial charge in [0.1, 0.15) is 18.5 Å². The molecule has 0 amide bonds. The Balaban J connectivity index is 1.80. The summed E-state index contributed by atoms with van der Waals surface area (Å²) in [6.45, 7) is 20.8. The molecule has 6 rings (SSSR count). The molecule has 2 heterocycles. The zero-order chi connectivity index (χ0) is 28.0. The van der Waals surface area contributed by atoms with Crippen molar-refractivity contribution in [3.05, 3.63) is 76.5 Å². The summed E-state index contributed by atoms with van der Waals surface area (Å²) in [5, 5.41) is 7.85. The van der Waals surface area contributed by atoms with Crippen molar-refractivity contribution in [1.29, 1.82) is 0 Å². The third kappa shape index (κ3) is 4.11. The molecular formula is C37H42NO+. The molecule has 1 aliphatic heterocycles. The lowest BCUT2D eigenvalue weighted by atomic mass is 9.80. The Morgan fingerprint density at radius 2 is 1.38 bits per heavy atom. The molecule has 0 radical (unpaired) electrons. The number of benzene rings is 4. The second-order valence-electron chi connectivity index (χ2n) is 14.3. The van der Waals surface area contributed by atoms with Gasteiger partial charge in [0.25, 0.3) is 0 Å². The molecule has 0 atom stereocenters. The summed E-state index contributed by atoms with van der Waals surface area (Å²) in [5.74, 6) is 2.02. The average Bonchev–Trinajstić information content (AvgIpc) is 2.84. The summed E-state index contributed by atoms with van der Waals surface area (Å²) in [6.07, 6.45) is 4.23. The van der Waals surface area contributed by atoms with Gasteiger partial charge in [-0.25, -0.2) is 4.57 Å². The van der Waals surface area contributed by atoms with E-state index in [1.54, 1.807) is 0 Å². The number of aryl methyl sites for hydroxylation is 4. The van der Waals surface area contributed by atoms with Gasteiger partial charge in [-0.1, -0.05) is 71.9 Å². The van der Waals surface area contributed by atoms with Gasteiger partial charge in [0.15, 0.2) is 6.20 Å². The van der Waals surface area contributed by atoms with E-state index in [0.29, 0.717) is 0 Å². The van der Waals surface area contributed by atoms with Crippen molar-refractivity contribution in [2.75, 3.05) is 0 Å². The van der Waals surface area contributed by atoms with Gasteiger partial charge in [0, 0.05) is 17.0 Å². The van der Waals surface area contributed by atoms with Gasteiger partial charge < -0.3 is 4.74 Å². The largest absolute Gasteiger partial charge is 0.455 e. The lowest BCUT2D eigenvalue weighted by Gasteiger charge is -2.29. The van der Waals surface area contributed by atoms with Crippen LogP contribution in [0, 0.1) is 31.6 Å². The fourth-order valence-electron chi connectivity index (χ4n) is 6.79. The summed E-state index contributed by atoms with van der Waals surface area (Å²) < 4.78 is 9.43. The summed E-state index contributed by atoms with van der Waals surface area (Å²) in [4.78, 5) is 0. The summed E-state index contributed by atoms with van der Waals surface area (Å²) in [5.41, 5.74) is 9.57. The molecule has 0 N–H and O–H groups in total. The third-order valence-electron chi connectivity index (χ3n) is 8.50. The van der Waals surface area contributed by atoms with E-state index in [-0.39, 0.29) is 10.8 Å². The van der Waals surface area contributed by atoms with Crippen LogP contribution < -0.4 is 9.30 Å².